The number of amides is 1. The molecular weight excluding hydrogens is 397 g/mol. The molecule has 3 rings (SSSR count). The molecule has 0 saturated carbocycles. The first-order valence-electron chi connectivity index (χ1n) is 11.7. The Morgan fingerprint density at radius 2 is 1.93 bits per heavy atom. The maximum atomic E-state index is 15.0. The van der Waals surface area contributed by atoms with E-state index in [2.05, 4.69) is 19.1 Å². The second-order valence-corrected chi connectivity index (χ2v) is 13.4. The van der Waals surface area contributed by atoms with Gasteiger partial charge in [-0.25, -0.2) is 0 Å². The summed E-state index contributed by atoms with van der Waals surface area (Å²) in [5, 5.41) is 9.38. The first-order valence-corrected chi connectivity index (χ1v) is 14.6. The summed E-state index contributed by atoms with van der Waals surface area (Å²) in [6.07, 6.45) is 7.04. The smallest absolute Gasteiger partial charge is 0.246 e. The minimum Gasteiger partial charge on any atom is -0.396 e. The Balaban J connectivity index is 1.66. The van der Waals surface area contributed by atoms with E-state index in [9.17, 15) is 14.0 Å². The highest BCUT2D eigenvalue weighted by Crippen LogP contribution is 2.46. The van der Waals surface area contributed by atoms with Crippen LogP contribution in [-0.2, 0) is 16.0 Å². The zero-order chi connectivity index (χ0) is 21.7. The molecular formula is C24H38FNO3Si. The number of carbonyl (C=O) groups is 1. The summed E-state index contributed by atoms with van der Waals surface area (Å²) < 4.78 is 21.2. The molecule has 2 aliphatic heterocycles. The number of rotatable bonds is 7. The molecule has 168 valence electrons. The second kappa shape index (κ2) is 10.4. The van der Waals surface area contributed by atoms with E-state index < -0.39 is 8.41 Å². The number of nitrogens with zero attached hydrogens (tertiary/aromatic N) is 1. The van der Waals surface area contributed by atoms with Crippen molar-refractivity contribution >= 4 is 20.0 Å². The summed E-state index contributed by atoms with van der Waals surface area (Å²) in [5.41, 5.74) is 2.12. The third-order valence-corrected chi connectivity index (χ3v) is 9.36. The van der Waals surface area contributed by atoms with Crippen LogP contribution in [0.15, 0.2) is 24.3 Å². The van der Waals surface area contributed by atoms with Crippen molar-refractivity contribution in [1.29, 1.82) is 0 Å². The lowest BCUT2D eigenvalue weighted by atomic mass is 9.95. The van der Waals surface area contributed by atoms with Gasteiger partial charge in [0.15, 0.2) is 0 Å². The Hall–Kier alpha value is -1.24. The van der Waals surface area contributed by atoms with Crippen molar-refractivity contribution in [2.45, 2.75) is 89.1 Å². The number of anilines is 1. The van der Waals surface area contributed by atoms with Crippen molar-refractivity contribution < 1.29 is 18.7 Å². The average Bonchev–Trinajstić information content (AvgIpc) is 2.99. The number of aliphatic hydroxyl groups is 1. The summed E-state index contributed by atoms with van der Waals surface area (Å²) in [4.78, 5) is 14.5. The van der Waals surface area contributed by atoms with Gasteiger partial charge in [0.05, 0.1) is 12.2 Å². The lowest BCUT2D eigenvalue weighted by molar-refractivity contribution is -0.118. The number of aryl methyl sites for hydroxylation is 1. The van der Waals surface area contributed by atoms with Crippen LogP contribution in [0.25, 0.3) is 0 Å². The zero-order valence-corrected chi connectivity index (χ0v) is 19.8. The highest BCUT2D eigenvalue weighted by molar-refractivity contribution is 6.72. The van der Waals surface area contributed by atoms with E-state index in [1.807, 2.05) is 17.0 Å². The number of hydrogen-bond acceptors (Lipinski definition) is 3. The monoisotopic (exact) mass is 435 g/mol. The van der Waals surface area contributed by atoms with Gasteiger partial charge in [0.1, 0.15) is 0 Å². The van der Waals surface area contributed by atoms with E-state index >= 15 is 0 Å². The summed E-state index contributed by atoms with van der Waals surface area (Å²) in [6, 6.07) is 8.30. The molecule has 1 aromatic rings. The lowest BCUT2D eigenvalue weighted by Crippen LogP contribution is -2.36. The van der Waals surface area contributed by atoms with Crippen LogP contribution < -0.4 is 4.90 Å². The first-order chi connectivity index (χ1) is 14.3. The summed E-state index contributed by atoms with van der Waals surface area (Å²) >= 11 is 0. The minimum absolute atomic E-state index is 0.0149. The third-order valence-electron chi connectivity index (χ3n) is 6.87. The zero-order valence-electron chi connectivity index (χ0n) is 18.8. The molecule has 2 heterocycles. The fourth-order valence-corrected chi connectivity index (χ4v) is 7.99. The van der Waals surface area contributed by atoms with Crippen LogP contribution in [0.3, 0.4) is 0 Å². The molecule has 0 unspecified atom stereocenters. The lowest BCUT2D eigenvalue weighted by Gasteiger charge is -2.28. The van der Waals surface area contributed by atoms with Gasteiger partial charge in [-0.05, 0) is 68.8 Å². The largest absolute Gasteiger partial charge is 0.396 e. The molecule has 1 N–H and O–H groups in total. The SMILES string of the molecule is C[C@@H]1[C@@H]([Si](C)(C)F)[C@H](CCO)O[C@@H]1CCc1cccc(N2CCCCCCC2=O)c1. The van der Waals surface area contributed by atoms with E-state index in [-0.39, 0.29) is 36.2 Å². The number of halogens is 1. The fourth-order valence-electron chi connectivity index (χ4n) is 5.40. The molecule has 0 bridgehead atoms. The van der Waals surface area contributed by atoms with Crippen molar-refractivity contribution in [2.75, 3.05) is 18.1 Å². The van der Waals surface area contributed by atoms with E-state index in [1.54, 1.807) is 13.1 Å². The van der Waals surface area contributed by atoms with Gasteiger partial charge < -0.3 is 18.9 Å². The Morgan fingerprint density at radius 1 is 1.17 bits per heavy atom. The van der Waals surface area contributed by atoms with Gasteiger partial charge in [-0.3, -0.25) is 4.79 Å². The van der Waals surface area contributed by atoms with Crippen LogP contribution in [0.5, 0.6) is 0 Å². The van der Waals surface area contributed by atoms with Gasteiger partial charge >= 0.3 is 0 Å². The molecule has 2 saturated heterocycles. The summed E-state index contributed by atoms with van der Waals surface area (Å²) in [7, 11) is -2.87. The van der Waals surface area contributed by atoms with Crippen LogP contribution in [0.1, 0.15) is 57.4 Å². The van der Waals surface area contributed by atoms with E-state index in [1.165, 1.54) is 12.0 Å². The summed E-state index contributed by atoms with van der Waals surface area (Å²) in [6.45, 7) is 6.46. The average molecular weight is 436 g/mol. The van der Waals surface area contributed by atoms with Crippen molar-refractivity contribution in [3.8, 4) is 0 Å². The van der Waals surface area contributed by atoms with E-state index in [0.29, 0.717) is 12.8 Å². The molecule has 6 heteroatoms. The van der Waals surface area contributed by atoms with Crippen molar-refractivity contribution in [3.05, 3.63) is 29.8 Å². The topological polar surface area (TPSA) is 49.8 Å². The fraction of sp³-hybridized carbons (Fsp3) is 0.708. The molecule has 1 amide bonds. The molecule has 0 aromatic heterocycles. The Bertz CT molecular complexity index is 708. The molecule has 2 aliphatic rings. The van der Waals surface area contributed by atoms with Gasteiger partial charge in [0.2, 0.25) is 14.3 Å². The quantitative estimate of drug-likeness (QED) is 0.470. The number of benzene rings is 1. The van der Waals surface area contributed by atoms with Crippen LogP contribution in [0, 0.1) is 5.92 Å². The normalized spacial score (nSPS) is 28.4. The maximum Gasteiger partial charge on any atom is 0.246 e. The molecule has 30 heavy (non-hydrogen) atoms. The predicted octanol–water partition coefficient (Wildman–Crippen LogP) is 5.25. The molecule has 0 aliphatic carbocycles. The van der Waals surface area contributed by atoms with E-state index in [4.69, 9.17) is 4.74 Å². The Morgan fingerprint density at radius 3 is 2.67 bits per heavy atom. The van der Waals surface area contributed by atoms with Gasteiger partial charge in [0.25, 0.3) is 0 Å². The van der Waals surface area contributed by atoms with Crippen LogP contribution >= 0.6 is 0 Å². The van der Waals surface area contributed by atoms with E-state index in [0.717, 1.165) is 44.3 Å². The predicted molar refractivity (Wildman–Crippen MR) is 122 cm³/mol. The first kappa shape index (κ1) is 23.4. The van der Waals surface area contributed by atoms with Gasteiger partial charge in [-0.1, -0.05) is 31.9 Å². The molecule has 4 nitrogen and oxygen atoms in total. The third kappa shape index (κ3) is 5.71. The number of carbonyl (C=O) groups excluding carboxylic acids is 1. The molecule has 1 aromatic carbocycles. The Labute approximate surface area is 182 Å². The maximum absolute atomic E-state index is 15.0. The summed E-state index contributed by atoms with van der Waals surface area (Å²) in [5.74, 6) is 0.386. The second-order valence-electron chi connectivity index (χ2n) is 9.59. The molecule has 0 radical (unpaired) electrons. The van der Waals surface area contributed by atoms with Gasteiger partial charge in [-0.15, -0.1) is 0 Å². The van der Waals surface area contributed by atoms with Crippen molar-refractivity contribution in [2.24, 2.45) is 5.92 Å². The number of aliphatic hydroxyl groups excluding tert-OH is 1. The van der Waals surface area contributed by atoms with Crippen molar-refractivity contribution in [1.82, 2.24) is 0 Å². The van der Waals surface area contributed by atoms with Crippen LogP contribution in [0.4, 0.5) is 9.80 Å². The minimum atomic E-state index is -2.87. The highest BCUT2D eigenvalue weighted by Gasteiger charge is 2.50. The number of hydrogen-bond donors (Lipinski definition) is 1. The van der Waals surface area contributed by atoms with Gasteiger partial charge in [-0.2, -0.15) is 0 Å². The standard InChI is InChI=1S/C24H38FNO3Si/c1-18-21(29-22(14-16-27)24(18)30(2,3)25)13-12-19-9-8-10-20(17-19)26-15-7-5-4-6-11-23(26)28/h8-10,17-18,21-22,24,27H,4-7,11-16H2,1-3H3/t18-,21+,22-,24+/m0/s1. The van der Waals surface area contributed by atoms with Gasteiger partial charge in [0, 0.05) is 30.8 Å². The Kier molecular flexibility index (Phi) is 8.10. The number of ether oxygens (including phenoxy) is 1. The molecule has 2 fully saturated rings. The van der Waals surface area contributed by atoms with Crippen molar-refractivity contribution in [3.63, 3.8) is 0 Å². The highest BCUT2D eigenvalue weighted by atomic mass is 28.4. The molecule has 4 atom stereocenters. The molecule has 0 spiro atoms. The van der Waals surface area contributed by atoms with Crippen LogP contribution in [0.2, 0.25) is 18.6 Å². The van der Waals surface area contributed by atoms with Crippen LogP contribution in [-0.4, -0.2) is 44.8 Å².